The number of hydrogen-bond donors (Lipinski definition) is 1. The van der Waals surface area contributed by atoms with E-state index in [-0.39, 0.29) is 0 Å². The third-order valence-electron chi connectivity index (χ3n) is 3.07. The number of imidazole rings is 1. The molecule has 4 heteroatoms. The van der Waals surface area contributed by atoms with Crippen LogP contribution in [-0.2, 0) is 0 Å². The van der Waals surface area contributed by atoms with Crippen molar-refractivity contribution in [1.82, 2.24) is 19.7 Å². The highest BCUT2D eigenvalue weighted by atomic mass is 15.1. The average Bonchev–Trinajstić information content (AvgIpc) is 2.82. The maximum absolute atomic E-state index is 4.48. The van der Waals surface area contributed by atoms with Crippen LogP contribution < -0.4 is 5.32 Å². The molecule has 1 saturated heterocycles. The van der Waals surface area contributed by atoms with Crippen LogP contribution in [-0.4, -0.2) is 27.5 Å². The van der Waals surface area contributed by atoms with Gasteiger partial charge in [-0.15, -0.1) is 0 Å². The lowest BCUT2D eigenvalue weighted by Crippen LogP contribution is -2.10. The van der Waals surface area contributed by atoms with Crippen molar-refractivity contribution >= 4 is 5.78 Å². The first-order valence-electron chi connectivity index (χ1n) is 5.36. The van der Waals surface area contributed by atoms with Gasteiger partial charge in [-0.2, -0.15) is 0 Å². The quantitative estimate of drug-likeness (QED) is 0.753. The van der Waals surface area contributed by atoms with Gasteiger partial charge in [-0.25, -0.2) is 9.97 Å². The van der Waals surface area contributed by atoms with Gasteiger partial charge in [0.1, 0.15) is 0 Å². The molecule has 0 amide bonds. The standard InChI is InChI=1S/C11H14N4/c1-8-10(9-3-5-12-7-9)15-6-2-4-13-11(15)14-8/h2,4,6,9,12H,3,5,7H2,1H3. The van der Waals surface area contributed by atoms with E-state index in [1.807, 2.05) is 6.07 Å². The van der Waals surface area contributed by atoms with Crippen LogP contribution in [0.1, 0.15) is 23.7 Å². The smallest absolute Gasteiger partial charge is 0.234 e. The Bertz CT molecular complexity index is 482. The first-order chi connectivity index (χ1) is 7.36. The number of aryl methyl sites for hydroxylation is 1. The molecule has 1 aliphatic heterocycles. The second-order valence-electron chi connectivity index (χ2n) is 4.06. The lowest BCUT2D eigenvalue weighted by Gasteiger charge is -2.08. The van der Waals surface area contributed by atoms with Gasteiger partial charge in [-0.3, -0.25) is 4.40 Å². The Balaban J connectivity index is 2.19. The number of rotatable bonds is 1. The fraction of sp³-hybridized carbons (Fsp3) is 0.455. The number of fused-ring (bicyclic) bond motifs is 1. The van der Waals surface area contributed by atoms with Gasteiger partial charge in [0.25, 0.3) is 0 Å². The summed E-state index contributed by atoms with van der Waals surface area (Å²) >= 11 is 0. The Morgan fingerprint density at radius 1 is 1.53 bits per heavy atom. The van der Waals surface area contributed by atoms with Crippen molar-refractivity contribution in [3.05, 3.63) is 29.8 Å². The maximum atomic E-state index is 4.48. The van der Waals surface area contributed by atoms with Crippen LogP contribution in [0.4, 0.5) is 0 Å². The molecule has 0 saturated carbocycles. The van der Waals surface area contributed by atoms with E-state index in [9.17, 15) is 0 Å². The topological polar surface area (TPSA) is 42.2 Å². The van der Waals surface area contributed by atoms with Crippen LogP contribution >= 0.6 is 0 Å². The van der Waals surface area contributed by atoms with Crippen LogP contribution in [0, 0.1) is 6.92 Å². The Labute approximate surface area is 88.4 Å². The molecule has 2 aromatic rings. The maximum Gasteiger partial charge on any atom is 0.234 e. The minimum atomic E-state index is 0.587. The van der Waals surface area contributed by atoms with E-state index in [1.54, 1.807) is 6.20 Å². The Morgan fingerprint density at radius 3 is 3.27 bits per heavy atom. The normalized spacial score (nSPS) is 21.3. The molecule has 2 aromatic heterocycles. The molecular weight excluding hydrogens is 188 g/mol. The van der Waals surface area contributed by atoms with Crippen LogP contribution in [0.15, 0.2) is 18.5 Å². The zero-order valence-corrected chi connectivity index (χ0v) is 8.77. The van der Waals surface area contributed by atoms with Crippen LogP contribution in [0.2, 0.25) is 0 Å². The Hall–Kier alpha value is -1.42. The summed E-state index contributed by atoms with van der Waals surface area (Å²) in [5.41, 5.74) is 2.44. The minimum Gasteiger partial charge on any atom is -0.316 e. The van der Waals surface area contributed by atoms with E-state index < -0.39 is 0 Å². The zero-order chi connectivity index (χ0) is 10.3. The van der Waals surface area contributed by atoms with Gasteiger partial charge >= 0.3 is 0 Å². The van der Waals surface area contributed by atoms with Gasteiger partial charge in [0, 0.05) is 24.9 Å². The predicted octanol–water partition coefficient (Wildman–Crippen LogP) is 1.11. The number of hydrogen-bond acceptors (Lipinski definition) is 3. The third-order valence-corrected chi connectivity index (χ3v) is 3.07. The first-order valence-corrected chi connectivity index (χ1v) is 5.36. The number of nitrogens with one attached hydrogen (secondary N) is 1. The molecule has 1 atom stereocenters. The van der Waals surface area contributed by atoms with Gasteiger partial charge < -0.3 is 5.32 Å². The zero-order valence-electron chi connectivity index (χ0n) is 8.77. The van der Waals surface area contributed by atoms with Crippen molar-refractivity contribution < 1.29 is 0 Å². The van der Waals surface area contributed by atoms with E-state index in [1.165, 1.54) is 12.1 Å². The molecule has 1 unspecified atom stereocenters. The molecule has 1 fully saturated rings. The summed E-state index contributed by atoms with van der Waals surface area (Å²) in [5.74, 6) is 1.40. The molecular formula is C11H14N4. The van der Waals surface area contributed by atoms with Crippen molar-refractivity contribution in [3.8, 4) is 0 Å². The monoisotopic (exact) mass is 202 g/mol. The van der Waals surface area contributed by atoms with E-state index in [4.69, 9.17) is 0 Å². The molecule has 0 aliphatic carbocycles. The Morgan fingerprint density at radius 2 is 2.47 bits per heavy atom. The molecule has 3 heterocycles. The van der Waals surface area contributed by atoms with Crippen molar-refractivity contribution in [2.45, 2.75) is 19.3 Å². The van der Waals surface area contributed by atoms with E-state index in [0.717, 1.165) is 24.6 Å². The van der Waals surface area contributed by atoms with Crippen LogP contribution in [0.5, 0.6) is 0 Å². The second-order valence-corrected chi connectivity index (χ2v) is 4.06. The molecule has 3 rings (SSSR count). The first kappa shape index (κ1) is 8.85. The molecule has 4 nitrogen and oxygen atoms in total. The summed E-state index contributed by atoms with van der Waals surface area (Å²) in [4.78, 5) is 8.75. The summed E-state index contributed by atoms with van der Waals surface area (Å²) in [5, 5.41) is 3.39. The highest BCUT2D eigenvalue weighted by Gasteiger charge is 2.22. The number of nitrogens with zero attached hydrogens (tertiary/aromatic N) is 3. The third kappa shape index (κ3) is 1.33. The molecule has 15 heavy (non-hydrogen) atoms. The van der Waals surface area contributed by atoms with Crippen LogP contribution in [0.25, 0.3) is 5.78 Å². The van der Waals surface area contributed by atoms with Gasteiger partial charge in [-0.05, 0) is 26.0 Å². The van der Waals surface area contributed by atoms with Gasteiger partial charge in [-0.1, -0.05) is 0 Å². The largest absolute Gasteiger partial charge is 0.316 e. The minimum absolute atomic E-state index is 0.587. The summed E-state index contributed by atoms with van der Waals surface area (Å²) in [6.07, 6.45) is 5.04. The molecule has 0 radical (unpaired) electrons. The summed E-state index contributed by atoms with van der Waals surface area (Å²) < 4.78 is 2.12. The molecule has 1 aliphatic rings. The molecule has 0 spiro atoms. The molecule has 0 bridgehead atoms. The van der Waals surface area contributed by atoms with Gasteiger partial charge in [0.15, 0.2) is 0 Å². The lowest BCUT2D eigenvalue weighted by molar-refractivity contribution is 0.718. The second kappa shape index (κ2) is 3.31. The van der Waals surface area contributed by atoms with E-state index in [0.29, 0.717) is 5.92 Å². The highest BCUT2D eigenvalue weighted by Crippen LogP contribution is 2.25. The Kier molecular flexibility index (Phi) is 1.95. The van der Waals surface area contributed by atoms with Crippen molar-refractivity contribution in [2.24, 2.45) is 0 Å². The van der Waals surface area contributed by atoms with Crippen molar-refractivity contribution in [1.29, 1.82) is 0 Å². The van der Waals surface area contributed by atoms with E-state index in [2.05, 4.69) is 32.8 Å². The molecule has 78 valence electrons. The van der Waals surface area contributed by atoms with Gasteiger partial charge in [0.2, 0.25) is 5.78 Å². The average molecular weight is 202 g/mol. The van der Waals surface area contributed by atoms with Crippen molar-refractivity contribution in [2.75, 3.05) is 13.1 Å². The molecule has 1 N–H and O–H groups in total. The van der Waals surface area contributed by atoms with Gasteiger partial charge in [0.05, 0.1) is 11.4 Å². The SMILES string of the molecule is Cc1nc2ncccn2c1C1CCNC1. The number of aromatic nitrogens is 3. The summed E-state index contributed by atoms with van der Waals surface area (Å²) in [6.45, 7) is 4.24. The lowest BCUT2D eigenvalue weighted by atomic mass is 10.0. The fourth-order valence-corrected chi connectivity index (χ4v) is 2.40. The van der Waals surface area contributed by atoms with E-state index >= 15 is 0 Å². The predicted molar refractivity (Wildman–Crippen MR) is 58.0 cm³/mol. The highest BCUT2D eigenvalue weighted by molar-refractivity contribution is 5.37. The summed E-state index contributed by atoms with van der Waals surface area (Å²) in [6, 6.07) is 1.96. The molecule has 0 aromatic carbocycles. The summed E-state index contributed by atoms with van der Waals surface area (Å²) in [7, 11) is 0. The fourth-order valence-electron chi connectivity index (χ4n) is 2.40. The van der Waals surface area contributed by atoms with Crippen LogP contribution in [0.3, 0.4) is 0 Å². The van der Waals surface area contributed by atoms with Crippen molar-refractivity contribution in [3.63, 3.8) is 0 Å².